The first-order valence-electron chi connectivity index (χ1n) is 12.7. The molecule has 0 unspecified atom stereocenters. The largest absolute Gasteiger partial charge is 0.494 e. The zero-order chi connectivity index (χ0) is 22.7. The molecule has 0 aliphatic rings. The van der Waals surface area contributed by atoms with Crippen LogP contribution < -0.4 is 0 Å². The van der Waals surface area contributed by atoms with E-state index >= 15 is 0 Å². The number of rotatable bonds is 21. The molecule has 0 N–H and O–H groups in total. The van der Waals surface area contributed by atoms with Gasteiger partial charge in [0.15, 0.2) is 0 Å². The molecule has 0 rings (SSSR count). The van der Waals surface area contributed by atoms with Crippen molar-refractivity contribution in [2.24, 2.45) is 0 Å². The summed E-state index contributed by atoms with van der Waals surface area (Å²) in [4.78, 5) is 9.84. The van der Waals surface area contributed by atoms with Gasteiger partial charge in [-0.05, 0) is 25.8 Å². The van der Waals surface area contributed by atoms with Gasteiger partial charge in [0.25, 0.3) is 0 Å². The van der Waals surface area contributed by atoms with Crippen molar-refractivity contribution in [1.29, 1.82) is 0 Å². The lowest BCUT2D eigenvalue weighted by Gasteiger charge is -2.06. The highest BCUT2D eigenvalue weighted by molar-refractivity contribution is 5.48. The van der Waals surface area contributed by atoms with E-state index in [1.165, 1.54) is 89.9 Å². The van der Waals surface area contributed by atoms with Crippen molar-refractivity contribution in [3.8, 4) is 0 Å². The van der Waals surface area contributed by atoms with Gasteiger partial charge < -0.3 is 9.53 Å². The minimum Gasteiger partial charge on any atom is -0.494 e. The van der Waals surface area contributed by atoms with Gasteiger partial charge in [0, 0.05) is 6.42 Å². The van der Waals surface area contributed by atoms with Crippen LogP contribution in [-0.4, -0.2) is 12.9 Å². The number of hydrogen-bond acceptors (Lipinski definition) is 2. The molecule has 0 aromatic heterocycles. The fourth-order valence-electron chi connectivity index (χ4n) is 3.08. The molecule has 0 spiro atoms. The van der Waals surface area contributed by atoms with Crippen LogP contribution in [0, 0.1) is 0 Å². The average molecular weight is 421 g/mol. The summed E-state index contributed by atoms with van der Waals surface area (Å²) in [6, 6.07) is 0. The van der Waals surface area contributed by atoms with E-state index in [4.69, 9.17) is 4.74 Å². The molecule has 0 atom stereocenters. The highest BCUT2D eigenvalue weighted by Crippen LogP contribution is 2.11. The molecule has 0 radical (unpaired) electrons. The van der Waals surface area contributed by atoms with Crippen LogP contribution in [-0.2, 0) is 9.53 Å². The van der Waals surface area contributed by atoms with Crippen molar-refractivity contribution < 1.29 is 9.53 Å². The lowest BCUT2D eigenvalue weighted by molar-refractivity contribution is -0.107. The van der Waals surface area contributed by atoms with Gasteiger partial charge in [-0.1, -0.05) is 129 Å². The third kappa shape index (κ3) is 31.4. The summed E-state index contributed by atoms with van der Waals surface area (Å²) in [5.74, 6) is 0.741. The summed E-state index contributed by atoms with van der Waals surface area (Å²) >= 11 is 0. The molecule has 0 saturated carbocycles. The van der Waals surface area contributed by atoms with E-state index in [2.05, 4.69) is 27.0 Å². The molecule has 0 fully saturated rings. The second kappa shape index (κ2) is 27.7. The lowest BCUT2D eigenvalue weighted by Crippen LogP contribution is -1.92. The molecule has 0 aliphatic carbocycles. The van der Waals surface area contributed by atoms with E-state index in [9.17, 15) is 4.79 Å². The lowest BCUT2D eigenvalue weighted by atomic mass is 10.1. The molecule has 0 saturated heterocycles. The zero-order valence-electron chi connectivity index (χ0n) is 20.7. The van der Waals surface area contributed by atoms with Crippen molar-refractivity contribution in [3.63, 3.8) is 0 Å². The highest BCUT2D eigenvalue weighted by atomic mass is 16.5. The molecule has 30 heavy (non-hydrogen) atoms. The molecule has 0 heterocycles. The van der Waals surface area contributed by atoms with E-state index in [0.29, 0.717) is 0 Å². The molecule has 0 aliphatic heterocycles. The van der Waals surface area contributed by atoms with Gasteiger partial charge in [-0.15, -0.1) is 0 Å². The summed E-state index contributed by atoms with van der Waals surface area (Å²) in [7, 11) is 0. The number of allylic oxidation sites excluding steroid dienone is 3. The minimum atomic E-state index is 0.741. The van der Waals surface area contributed by atoms with Crippen molar-refractivity contribution >= 4 is 6.29 Å². The van der Waals surface area contributed by atoms with Crippen LogP contribution in [0.3, 0.4) is 0 Å². The molecular formula is C28H52O2. The number of hydrogen-bond donors (Lipinski definition) is 0. The standard InChI is InChI=1S/C20H36O.C8H16O/c1-5-6-7-8-9-10-11-12-13-14-15-18-21-20(4)17-16-19(2)3;1-2-3-4-5-6-7-8-9/h16-17H,2,4-15,18H2,1,3H3;8H,2-7H2,1H3/b17-16-;. The van der Waals surface area contributed by atoms with Crippen molar-refractivity contribution in [1.82, 2.24) is 0 Å². The van der Waals surface area contributed by atoms with E-state index in [1.807, 2.05) is 19.1 Å². The first kappa shape index (κ1) is 30.9. The fourth-order valence-corrected chi connectivity index (χ4v) is 3.08. The van der Waals surface area contributed by atoms with E-state index < -0.39 is 0 Å². The minimum absolute atomic E-state index is 0.741. The van der Waals surface area contributed by atoms with Crippen molar-refractivity contribution in [2.45, 2.75) is 130 Å². The Bertz CT molecular complexity index is 409. The number of ether oxygens (including phenoxy) is 1. The van der Waals surface area contributed by atoms with E-state index in [0.717, 1.165) is 43.5 Å². The van der Waals surface area contributed by atoms with Gasteiger partial charge >= 0.3 is 0 Å². The average Bonchev–Trinajstić information content (AvgIpc) is 2.73. The van der Waals surface area contributed by atoms with E-state index in [-0.39, 0.29) is 0 Å². The van der Waals surface area contributed by atoms with Gasteiger partial charge in [0.1, 0.15) is 12.0 Å². The molecule has 0 amide bonds. The first-order chi connectivity index (χ1) is 14.6. The maximum Gasteiger partial charge on any atom is 0.119 e. The Hall–Kier alpha value is -1.31. The smallest absolute Gasteiger partial charge is 0.119 e. The van der Waals surface area contributed by atoms with Gasteiger partial charge in [0.2, 0.25) is 0 Å². The van der Waals surface area contributed by atoms with Crippen LogP contribution in [0.25, 0.3) is 0 Å². The van der Waals surface area contributed by atoms with Crippen LogP contribution >= 0.6 is 0 Å². The Morgan fingerprint density at radius 3 is 1.53 bits per heavy atom. The monoisotopic (exact) mass is 420 g/mol. The summed E-state index contributed by atoms with van der Waals surface area (Å²) in [5, 5.41) is 0. The third-order valence-electron chi connectivity index (χ3n) is 5.01. The van der Waals surface area contributed by atoms with Crippen LogP contribution in [0.15, 0.2) is 36.6 Å². The molecule has 2 nitrogen and oxygen atoms in total. The Kier molecular flexibility index (Phi) is 28.5. The first-order valence-corrected chi connectivity index (χ1v) is 12.7. The van der Waals surface area contributed by atoms with Crippen molar-refractivity contribution in [3.05, 3.63) is 36.6 Å². The van der Waals surface area contributed by atoms with Crippen LogP contribution in [0.4, 0.5) is 0 Å². The fraction of sp³-hybridized carbons (Fsp3) is 0.750. The predicted octanol–water partition coefficient (Wildman–Crippen LogP) is 9.51. The second-order valence-corrected chi connectivity index (χ2v) is 8.40. The molecule has 0 bridgehead atoms. The van der Waals surface area contributed by atoms with Crippen molar-refractivity contribution in [2.75, 3.05) is 6.61 Å². The Labute approximate surface area is 189 Å². The van der Waals surface area contributed by atoms with Gasteiger partial charge in [-0.3, -0.25) is 0 Å². The highest BCUT2D eigenvalue weighted by Gasteiger charge is 1.94. The van der Waals surface area contributed by atoms with Gasteiger partial charge in [0.05, 0.1) is 6.61 Å². The van der Waals surface area contributed by atoms with Crippen LogP contribution in [0.1, 0.15) is 130 Å². The molecular weight excluding hydrogens is 368 g/mol. The molecule has 176 valence electrons. The summed E-state index contributed by atoms with van der Waals surface area (Å²) in [5.41, 5.74) is 1.02. The summed E-state index contributed by atoms with van der Waals surface area (Å²) in [6.45, 7) is 14.9. The predicted molar refractivity (Wildman–Crippen MR) is 135 cm³/mol. The number of unbranched alkanes of at least 4 members (excludes halogenated alkanes) is 15. The molecule has 0 aromatic rings. The maximum atomic E-state index is 9.84. The summed E-state index contributed by atoms with van der Waals surface area (Å²) < 4.78 is 5.55. The quantitative estimate of drug-likeness (QED) is 0.0799. The molecule has 0 aromatic carbocycles. The van der Waals surface area contributed by atoms with E-state index in [1.54, 1.807) is 0 Å². The van der Waals surface area contributed by atoms with Gasteiger partial charge in [-0.25, -0.2) is 0 Å². The molecule has 2 heteroatoms. The zero-order valence-corrected chi connectivity index (χ0v) is 20.7. The van der Waals surface area contributed by atoms with Crippen LogP contribution in [0.5, 0.6) is 0 Å². The SMILES string of the molecule is C=C(C)/C=C\C(=C)OCCCCCCCCCCCCC.CCCCCCCC=O. The topological polar surface area (TPSA) is 26.3 Å². The normalized spacial score (nSPS) is 10.5. The summed E-state index contributed by atoms with van der Waals surface area (Å²) in [6.07, 6.45) is 26.8. The third-order valence-corrected chi connectivity index (χ3v) is 5.01. The number of carbonyl (C=O) groups excluding carboxylic acids is 1. The second-order valence-electron chi connectivity index (χ2n) is 8.40. The van der Waals surface area contributed by atoms with Crippen LogP contribution in [0.2, 0.25) is 0 Å². The maximum absolute atomic E-state index is 9.84. The Balaban J connectivity index is 0. The number of aldehydes is 1. The van der Waals surface area contributed by atoms with Gasteiger partial charge in [-0.2, -0.15) is 0 Å². The number of carbonyl (C=O) groups is 1. The Morgan fingerprint density at radius 1 is 0.667 bits per heavy atom. The Morgan fingerprint density at radius 2 is 1.10 bits per heavy atom.